The number of benzene rings is 1. The van der Waals surface area contributed by atoms with Gasteiger partial charge in [0.2, 0.25) is 0 Å². The lowest BCUT2D eigenvalue weighted by atomic mass is 10.2. The van der Waals surface area contributed by atoms with Gasteiger partial charge in [-0.15, -0.1) is 0 Å². The molecule has 17 heavy (non-hydrogen) atoms. The molecule has 1 aromatic carbocycles. The van der Waals surface area contributed by atoms with Crippen molar-refractivity contribution in [1.29, 1.82) is 0 Å². The smallest absolute Gasteiger partial charge is 0.258 e. The topological polar surface area (TPSA) is 43.5 Å². The first kappa shape index (κ1) is 11.0. The molecule has 2 saturated heterocycles. The van der Waals surface area contributed by atoms with Gasteiger partial charge in [0.05, 0.1) is 13.2 Å². The third-order valence-corrected chi connectivity index (χ3v) is 2.88. The zero-order valence-electron chi connectivity index (χ0n) is 9.85. The second kappa shape index (κ2) is 4.29. The van der Waals surface area contributed by atoms with Gasteiger partial charge in [0.1, 0.15) is 25.1 Å². The van der Waals surface area contributed by atoms with Crippen LogP contribution in [0.25, 0.3) is 0 Å². The Bertz CT molecular complexity index is 396. The predicted octanol–water partition coefficient (Wildman–Crippen LogP) is 1.52. The fourth-order valence-corrected chi connectivity index (χ4v) is 1.63. The Labute approximate surface area is 100 Å². The lowest BCUT2D eigenvalue weighted by molar-refractivity contribution is -0.0295. The van der Waals surface area contributed by atoms with Crippen LogP contribution in [0.2, 0.25) is 0 Å². The van der Waals surface area contributed by atoms with Gasteiger partial charge in [-0.05, 0) is 18.6 Å². The maximum absolute atomic E-state index is 5.86. The number of para-hydroxylation sites is 1. The second-order valence-corrected chi connectivity index (χ2v) is 4.54. The highest BCUT2D eigenvalue weighted by atomic mass is 16.8. The van der Waals surface area contributed by atoms with Crippen LogP contribution in [0.3, 0.4) is 0 Å². The summed E-state index contributed by atoms with van der Waals surface area (Å²) in [6, 6.07) is 7.91. The van der Waals surface area contributed by atoms with E-state index >= 15 is 0 Å². The highest BCUT2D eigenvalue weighted by Crippen LogP contribution is 2.32. The summed E-state index contributed by atoms with van der Waals surface area (Å²) in [6.07, 6.45) is 0.282. The molecule has 0 radical (unpaired) electrons. The Hall–Kier alpha value is -1.10. The first-order valence-corrected chi connectivity index (χ1v) is 5.85. The van der Waals surface area contributed by atoms with Crippen LogP contribution in [0.4, 0.5) is 0 Å². The Morgan fingerprint density at radius 3 is 2.82 bits per heavy atom. The Morgan fingerprint density at radius 1 is 1.41 bits per heavy atom. The molecule has 4 nitrogen and oxygen atoms in total. The van der Waals surface area contributed by atoms with Crippen molar-refractivity contribution >= 4 is 0 Å². The summed E-state index contributed by atoms with van der Waals surface area (Å²) in [5, 5.41) is 0. The molecular formula is C13H16O4. The molecule has 0 spiro atoms. The van der Waals surface area contributed by atoms with Gasteiger partial charge in [0.15, 0.2) is 0 Å². The van der Waals surface area contributed by atoms with E-state index in [0.29, 0.717) is 19.8 Å². The van der Waals surface area contributed by atoms with Gasteiger partial charge in [-0.25, -0.2) is 0 Å². The molecule has 2 aliphatic rings. The third-order valence-electron chi connectivity index (χ3n) is 2.88. The van der Waals surface area contributed by atoms with Gasteiger partial charge in [-0.3, -0.25) is 0 Å². The Kier molecular flexibility index (Phi) is 2.78. The zero-order chi connectivity index (χ0) is 11.7. The van der Waals surface area contributed by atoms with Crippen molar-refractivity contribution in [2.45, 2.75) is 18.8 Å². The fraction of sp³-hybridized carbons (Fsp3) is 0.538. The van der Waals surface area contributed by atoms with E-state index in [-0.39, 0.29) is 6.10 Å². The largest absolute Gasteiger partial charge is 0.457 e. The zero-order valence-corrected chi connectivity index (χ0v) is 9.85. The van der Waals surface area contributed by atoms with E-state index in [4.69, 9.17) is 18.9 Å². The molecule has 1 aromatic rings. The molecule has 92 valence electrons. The predicted molar refractivity (Wildman–Crippen MR) is 61.0 cm³/mol. The molecule has 0 aliphatic carbocycles. The monoisotopic (exact) mass is 236 g/mol. The van der Waals surface area contributed by atoms with Crippen LogP contribution < -0.4 is 4.74 Å². The minimum absolute atomic E-state index is 0.282. The molecule has 0 amide bonds. The molecule has 3 rings (SSSR count). The van der Waals surface area contributed by atoms with E-state index in [2.05, 4.69) is 0 Å². The second-order valence-electron chi connectivity index (χ2n) is 4.54. The van der Waals surface area contributed by atoms with Crippen LogP contribution >= 0.6 is 0 Å². The van der Waals surface area contributed by atoms with E-state index in [9.17, 15) is 0 Å². The molecule has 0 N–H and O–H groups in total. The van der Waals surface area contributed by atoms with Crippen molar-refractivity contribution in [2.75, 3.05) is 26.4 Å². The molecule has 2 unspecified atom stereocenters. The summed E-state index contributed by atoms with van der Waals surface area (Å²) in [7, 11) is 0. The van der Waals surface area contributed by atoms with E-state index in [0.717, 1.165) is 17.9 Å². The molecule has 2 aliphatic heterocycles. The van der Waals surface area contributed by atoms with Gasteiger partial charge in [-0.1, -0.05) is 18.2 Å². The molecule has 4 heteroatoms. The lowest BCUT2D eigenvalue weighted by Crippen LogP contribution is -2.28. The molecule has 2 heterocycles. The normalized spacial score (nSPS) is 30.1. The summed E-state index contributed by atoms with van der Waals surface area (Å²) in [5.74, 6) is 0.289. The number of epoxide rings is 2. The molecule has 0 bridgehead atoms. The fourth-order valence-electron chi connectivity index (χ4n) is 1.63. The molecular weight excluding hydrogens is 220 g/mol. The summed E-state index contributed by atoms with van der Waals surface area (Å²) in [6.45, 7) is 4.51. The Morgan fingerprint density at radius 2 is 2.18 bits per heavy atom. The highest BCUT2D eigenvalue weighted by Gasteiger charge is 2.49. The van der Waals surface area contributed by atoms with Gasteiger partial charge >= 0.3 is 0 Å². The minimum atomic E-state index is -0.568. The van der Waals surface area contributed by atoms with E-state index in [1.165, 1.54) is 0 Å². The van der Waals surface area contributed by atoms with Crippen molar-refractivity contribution in [3.63, 3.8) is 0 Å². The number of hydrogen-bond acceptors (Lipinski definition) is 4. The van der Waals surface area contributed by atoms with Gasteiger partial charge in [0.25, 0.3) is 5.79 Å². The number of rotatable bonds is 6. The average molecular weight is 236 g/mol. The first-order chi connectivity index (χ1) is 8.27. The third kappa shape index (κ3) is 2.77. The van der Waals surface area contributed by atoms with Crippen LogP contribution in [-0.2, 0) is 14.2 Å². The van der Waals surface area contributed by atoms with Crippen molar-refractivity contribution in [3.8, 4) is 5.75 Å². The van der Waals surface area contributed by atoms with Gasteiger partial charge in [-0.2, -0.15) is 0 Å². The van der Waals surface area contributed by atoms with Gasteiger partial charge < -0.3 is 18.9 Å². The molecule has 2 fully saturated rings. The lowest BCUT2D eigenvalue weighted by Gasteiger charge is -2.16. The maximum Gasteiger partial charge on any atom is 0.258 e. The summed E-state index contributed by atoms with van der Waals surface area (Å²) in [5.41, 5.74) is 1.10. The van der Waals surface area contributed by atoms with Crippen LogP contribution in [0.5, 0.6) is 5.75 Å². The van der Waals surface area contributed by atoms with Gasteiger partial charge in [0, 0.05) is 0 Å². The SMILES string of the molecule is Cc1ccccc1OC1(COCC2CO2)CO1. The first-order valence-electron chi connectivity index (χ1n) is 5.85. The minimum Gasteiger partial charge on any atom is -0.457 e. The number of ether oxygens (including phenoxy) is 4. The standard InChI is InChI=1S/C13H16O4/c1-10-4-2-3-5-12(10)17-13(9-16-13)8-14-6-11-7-15-11/h2-5,11H,6-9H2,1H3. The summed E-state index contributed by atoms with van der Waals surface area (Å²) >= 11 is 0. The molecule has 0 saturated carbocycles. The molecule has 2 atom stereocenters. The number of aryl methyl sites for hydroxylation is 1. The maximum atomic E-state index is 5.86. The molecule has 0 aromatic heterocycles. The van der Waals surface area contributed by atoms with Crippen LogP contribution in [-0.4, -0.2) is 38.3 Å². The van der Waals surface area contributed by atoms with E-state index in [1.807, 2.05) is 31.2 Å². The summed E-state index contributed by atoms with van der Waals surface area (Å²) in [4.78, 5) is 0. The van der Waals surface area contributed by atoms with Crippen LogP contribution in [0, 0.1) is 6.92 Å². The highest BCUT2D eigenvalue weighted by molar-refractivity contribution is 5.32. The van der Waals surface area contributed by atoms with Crippen molar-refractivity contribution in [1.82, 2.24) is 0 Å². The van der Waals surface area contributed by atoms with Crippen molar-refractivity contribution in [2.24, 2.45) is 0 Å². The van der Waals surface area contributed by atoms with E-state index < -0.39 is 5.79 Å². The quantitative estimate of drug-likeness (QED) is 0.702. The summed E-state index contributed by atoms with van der Waals surface area (Å²) < 4.78 is 21.8. The van der Waals surface area contributed by atoms with Crippen molar-refractivity contribution in [3.05, 3.63) is 29.8 Å². The van der Waals surface area contributed by atoms with Crippen LogP contribution in [0.15, 0.2) is 24.3 Å². The van der Waals surface area contributed by atoms with Crippen molar-refractivity contribution < 1.29 is 18.9 Å². The average Bonchev–Trinajstić information content (AvgIpc) is 3.20. The van der Waals surface area contributed by atoms with E-state index in [1.54, 1.807) is 0 Å². The number of hydrogen-bond donors (Lipinski definition) is 0. The van der Waals surface area contributed by atoms with Crippen LogP contribution in [0.1, 0.15) is 5.56 Å². The Balaban J connectivity index is 1.54.